The molecule has 2 N–H and O–H groups in total. The molecule has 0 aromatic heterocycles. The number of rotatable bonds is 1. The number of allylic oxidation sites excluding steroid dienone is 3. The minimum absolute atomic E-state index is 0.0525. The second-order valence-electron chi connectivity index (χ2n) is 10.6. The maximum atomic E-state index is 12.2. The van der Waals surface area contributed by atoms with Gasteiger partial charge in [-0.1, -0.05) is 24.3 Å². The number of aliphatic hydroxyl groups excluding tert-OH is 1. The Balaban J connectivity index is 1.62. The first-order valence-corrected chi connectivity index (χ1v) is 12.5. The first-order valence-electron chi connectivity index (χ1n) is 12.5. The maximum Gasteiger partial charge on any atom is 0.0995 e. The molecule has 4 nitrogen and oxygen atoms in total. The highest BCUT2D eigenvalue weighted by Gasteiger charge is 2.65. The van der Waals surface area contributed by atoms with Crippen LogP contribution in [0.4, 0.5) is 0 Å². The Kier molecular flexibility index (Phi) is 5.96. The van der Waals surface area contributed by atoms with Crippen LogP contribution in [0.15, 0.2) is 36.0 Å². The fraction of sp³-hybridized carbons (Fsp3) is 0.769. The summed E-state index contributed by atoms with van der Waals surface area (Å²) in [5.74, 6) is 0.409. The Morgan fingerprint density at radius 1 is 0.967 bits per heavy atom. The number of fused-ring (bicyclic) bond motifs is 2. The normalized spacial score (nSPS) is 46.8. The second kappa shape index (κ2) is 8.54. The van der Waals surface area contributed by atoms with Crippen LogP contribution in [-0.4, -0.2) is 70.5 Å². The van der Waals surface area contributed by atoms with E-state index >= 15 is 0 Å². The van der Waals surface area contributed by atoms with Gasteiger partial charge in [0.1, 0.15) is 0 Å². The van der Waals surface area contributed by atoms with Crippen LogP contribution in [0, 0.1) is 11.3 Å². The van der Waals surface area contributed by atoms with Gasteiger partial charge >= 0.3 is 0 Å². The van der Waals surface area contributed by atoms with Crippen molar-refractivity contribution in [2.24, 2.45) is 11.3 Å². The SMILES string of the molecule is OCC1=C[C@]2(O)CC/C=C\CCCCN3CC[C@H]1[C@@]1(CC4/C=C\CCCCN4[C@@H]12)C3. The average Bonchev–Trinajstić information content (AvgIpc) is 3.01. The zero-order chi connectivity index (χ0) is 20.6. The number of piperidine rings is 1. The van der Waals surface area contributed by atoms with E-state index in [-0.39, 0.29) is 18.1 Å². The molecule has 166 valence electrons. The lowest BCUT2D eigenvalue weighted by molar-refractivity contribution is -0.0985. The highest BCUT2D eigenvalue weighted by Crippen LogP contribution is 2.59. The molecule has 0 radical (unpaired) electrons. The van der Waals surface area contributed by atoms with Crippen molar-refractivity contribution in [3.63, 3.8) is 0 Å². The average molecular weight is 413 g/mol. The highest BCUT2D eigenvalue weighted by molar-refractivity contribution is 5.34. The number of hydrogen-bond acceptors (Lipinski definition) is 4. The number of hydrogen-bond donors (Lipinski definition) is 2. The van der Waals surface area contributed by atoms with Gasteiger partial charge in [0, 0.05) is 18.0 Å². The van der Waals surface area contributed by atoms with Crippen LogP contribution in [-0.2, 0) is 0 Å². The molecule has 4 heteroatoms. The van der Waals surface area contributed by atoms with Crippen LogP contribution in [0.2, 0.25) is 0 Å². The Bertz CT molecular complexity index is 716. The van der Waals surface area contributed by atoms with E-state index in [1.807, 2.05) is 0 Å². The summed E-state index contributed by atoms with van der Waals surface area (Å²) in [6.07, 6.45) is 22.8. The number of nitrogens with zero attached hydrogens (tertiary/aromatic N) is 2. The summed E-state index contributed by atoms with van der Waals surface area (Å²) in [6, 6.07) is 0.592. The molecule has 5 rings (SSSR count). The van der Waals surface area contributed by atoms with E-state index in [1.54, 1.807) is 0 Å². The molecule has 4 heterocycles. The van der Waals surface area contributed by atoms with Crippen molar-refractivity contribution >= 4 is 0 Å². The van der Waals surface area contributed by atoms with Crippen LogP contribution < -0.4 is 0 Å². The molecule has 30 heavy (non-hydrogen) atoms. The maximum absolute atomic E-state index is 12.2. The van der Waals surface area contributed by atoms with Gasteiger partial charge in [0.15, 0.2) is 0 Å². The lowest BCUT2D eigenvalue weighted by atomic mass is 9.55. The Labute approximate surface area is 182 Å². The van der Waals surface area contributed by atoms with Crippen molar-refractivity contribution in [1.29, 1.82) is 0 Å². The van der Waals surface area contributed by atoms with Gasteiger partial charge in [0.2, 0.25) is 0 Å². The minimum atomic E-state index is -0.849. The minimum Gasteiger partial charge on any atom is -0.392 e. The Morgan fingerprint density at radius 3 is 2.63 bits per heavy atom. The van der Waals surface area contributed by atoms with Crippen LogP contribution in [0.25, 0.3) is 0 Å². The smallest absolute Gasteiger partial charge is 0.0995 e. The molecule has 2 unspecified atom stereocenters. The van der Waals surface area contributed by atoms with Crippen LogP contribution >= 0.6 is 0 Å². The van der Waals surface area contributed by atoms with E-state index in [4.69, 9.17) is 0 Å². The Hall–Kier alpha value is -0.940. The largest absolute Gasteiger partial charge is 0.392 e. The standard InChI is InChI=1S/C26H40N2O2/c29-19-21-17-26(30)13-8-4-1-2-5-9-14-27-16-12-23(21)25(20-27)18-22-11-7-3-6-10-15-28(22)24(25)26/h1,4,7,11,17,22-24,29-30H,2-3,5-6,8-10,12-16,18-20H2/b4-1-,11-7-/t22?,23-,24+,25-,26-/m1/s1. The molecular formula is C26H40N2O2. The van der Waals surface area contributed by atoms with Gasteiger partial charge in [-0.25, -0.2) is 0 Å². The lowest BCUT2D eigenvalue weighted by Gasteiger charge is -2.58. The van der Waals surface area contributed by atoms with E-state index < -0.39 is 5.60 Å². The first kappa shape index (κ1) is 20.9. The topological polar surface area (TPSA) is 46.9 Å². The molecule has 5 aliphatic rings. The molecule has 0 saturated carbocycles. The van der Waals surface area contributed by atoms with Crippen LogP contribution in [0.3, 0.4) is 0 Å². The molecule has 0 aromatic rings. The van der Waals surface area contributed by atoms with E-state index in [1.165, 1.54) is 38.6 Å². The molecule has 2 saturated heterocycles. The third kappa shape index (κ3) is 3.54. The molecule has 6 atom stereocenters. The summed E-state index contributed by atoms with van der Waals surface area (Å²) < 4.78 is 0. The third-order valence-electron chi connectivity index (χ3n) is 8.74. The predicted molar refractivity (Wildman–Crippen MR) is 121 cm³/mol. The van der Waals surface area contributed by atoms with Gasteiger partial charge < -0.3 is 15.1 Å². The van der Waals surface area contributed by atoms with E-state index in [2.05, 4.69) is 40.2 Å². The third-order valence-corrected chi connectivity index (χ3v) is 8.74. The highest BCUT2D eigenvalue weighted by atomic mass is 16.3. The van der Waals surface area contributed by atoms with Crippen molar-refractivity contribution in [3.05, 3.63) is 36.0 Å². The van der Waals surface area contributed by atoms with Crippen molar-refractivity contribution in [3.8, 4) is 0 Å². The first-order chi connectivity index (χ1) is 14.7. The summed E-state index contributed by atoms with van der Waals surface area (Å²) in [4.78, 5) is 5.37. The van der Waals surface area contributed by atoms with Crippen molar-refractivity contribution < 1.29 is 10.2 Å². The van der Waals surface area contributed by atoms with E-state index in [9.17, 15) is 10.2 Å². The molecule has 4 aliphatic heterocycles. The summed E-state index contributed by atoms with van der Waals surface area (Å²) >= 11 is 0. The van der Waals surface area contributed by atoms with Crippen molar-refractivity contribution in [1.82, 2.24) is 9.80 Å². The van der Waals surface area contributed by atoms with Gasteiger partial charge in [0.25, 0.3) is 0 Å². The van der Waals surface area contributed by atoms with Crippen molar-refractivity contribution in [2.75, 3.05) is 32.8 Å². The molecule has 2 fully saturated rings. The summed E-state index contributed by atoms with van der Waals surface area (Å²) in [5, 5.41) is 22.6. The van der Waals surface area contributed by atoms with E-state index in [0.29, 0.717) is 12.0 Å². The fourth-order valence-corrected chi connectivity index (χ4v) is 7.66. The molecule has 0 aromatic carbocycles. The fourth-order valence-electron chi connectivity index (χ4n) is 7.66. The van der Waals surface area contributed by atoms with Crippen LogP contribution in [0.1, 0.15) is 64.2 Å². The van der Waals surface area contributed by atoms with Crippen LogP contribution in [0.5, 0.6) is 0 Å². The molecule has 3 bridgehead atoms. The molecular weight excluding hydrogens is 372 g/mol. The molecule has 0 amide bonds. The quantitative estimate of drug-likeness (QED) is 0.645. The van der Waals surface area contributed by atoms with Gasteiger partial charge in [-0.3, -0.25) is 4.90 Å². The zero-order valence-corrected chi connectivity index (χ0v) is 18.5. The van der Waals surface area contributed by atoms with Gasteiger partial charge in [-0.15, -0.1) is 0 Å². The van der Waals surface area contributed by atoms with Gasteiger partial charge in [-0.05, 0) is 101 Å². The second-order valence-corrected chi connectivity index (χ2v) is 10.6. The van der Waals surface area contributed by atoms with Crippen molar-refractivity contribution in [2.45, 2.75) is 81.9 Å². The zero-order valence-electron chi connectivity index (χ0n) is 18.5. The lowest BCUT2D eigenvalue weighted by Crippen LogP contribution is -2.66. The van der Waals surface area contributed by atoms with E-state index in [0.717, 1.165) is 57.3 Å². The predicted octanol–water partition coefficient (Wildman–Crippen LogP) is 3.66. The molecule has 1 aliphatic carbocycles. The monoisotopic (exact) mass is 412 g/mol. The summed E-state index contributed by atoms with van der Waals surface area (Å²) in [7, 11) is 0. The summed E-state index contributed by atoms with van der Waals surface area (Å²) in [6.45, 7) is 4.57. The summed E-state index contributed by atoms with van der Waals surface area (Å²) in [5.41, 5.74) is 0.320. The van der Waals surface area contributed by atoms with Gasteiger partial charge in [0.05, 0.1) is 18.2 Å². The number of aliphatic hydroxyl groups is 2. The van der Waals surface area contributed by atoms with Gasteiger partial charge in [-0.2, -0.15) is 0 Å². The Morgan fingerprint density at radius 2 is 1.77 bits per heavy atom. The molecule has 1 spiro atoms.